The first kappa shape index (κ1) is 24.2. The van der Waals surface area contributed by atoms with Crippen molar-refractivity contribution in [2.75, 3.05) is 13.7 Å². The number of amides is 1. The van der Waals surface area contributed by atoms with Gasteiger partial charge in [-0.15, -0.1) is 0 Å². The molecule has 0 fully saturated rings. The van der Waals surface area contributed by atoms with Crippen molar-refractivity contribution in [2.24, 2.45) is 5.10 Å². The monoisotopic (exact) mass is 480 g/mol. The summed E-state index contributed by atoms with van der Waals surface area (Å²) in [6.45, 7) is 3.99. The predicted octanol–water partition coefficient (Wildman–Crippen LogP) is 5.40. The zero-order valence-corrected chi connectivity index (χ0v) is 19.6. The molecule has 0 spiro atoms. The van der Waals surface area contributed by atoms with Gasteiger partial charge in [-0.2, -0.15) is 5.10 Å². The van der Waals surface area contributed by atoms with Crippen LogP contribution in [-0.2, 0) is 0 Å². The molecule has 0 aliphatic carbocycles. The van der Waals surface area contributed by atoms with Gasteiger partial charge in [0, 0.05) is 11.1 Å². The van der Waals surface area contributed by atoms with Crippen LogP contribution in [0.25, 0.3) is 10.8 Å². The number of nitrogens with one attached hydrogen (secondary N) is 1. The lowest BCUT2D eigenvalue weighted by atomic mass is 10.0. The highest BCUT2D eigenvalue weighted by molar-refractivity contribution is 6.04. The SMILES string of the molecule is C=CCOc1ccc(C(=O)N/N=C\c2c(OC(=O)c3ccc(OC)cc3)ccc3ccccc23)cc1. The fourth-order valence-corrected chi connectivity index (χ4v) is 3.46. The van der Waals surface area contributed by atoms with Crippen LogP contribution in [0.15, 0.2) is 103 Å². The van der Waals surface area contributed by atoms with Crippen molar-refractivity contribution in [3.63, 3.8) is 0 Å². The molecular weight excluding hydrogens is 456 g/mol. The largest absolute Gasteiger partial charge is 0.497 e. The number of methoxy groups -OCH3 is 1. The van der Waals surface area contributed by atoms with Crippen molar-refractivity contribution in [3.05, 3.63) is 114 Å². The molecular formula is C29H24N2O5. The first-order valence-corrected chi connectivity index (χ1v) is 11.1. The molecule has 7 heteroatoms. The Labute approximate surface area is 208 Å². The summed E-state index contributed by atoms with van der Waals surface area (Å²) in [5.41, 5.74) is 3.87. The molecule has 0 aromatic heterocycles. The van der Waals surface area contributed by atoms with Gasteiger partial charge in [0.2, 0.25) is 0 Å². The zero-order valence-electron chi connectivity index (χ0n) is 19.6. The number of benzene rings is 4. The highest BCUT2D eigenvalue weighted by Gasteiger charge is 2.14. The van der Waals surface area contributed by atoms with Gasteiger partial charge in [0.15, 0.2) is 0 Å². The summed E-state index contributed by atoms with van der Waals surface area (Å²) in [4.78, 5) is 25.3. The Balaban J connectivity index is 1.54. The smallest absolute Gasteiger partial charge is 0.343 e. The van der Waals surface area contributed by atoms with E-state index in [0.717, 1.165) is 10.8 Å². The van der Waals surface area contributed by atoms with Gasteiger partial charge in [0.25, 0.3) is 5.91 Å². The second kappa shape index (κ2) is 11.5. The van der Waals surface area contributed by atoms with Crippen molar-refractivity contribution < 1.29 is 23.8 Å². The number of fused-ring (bicyclic) bond motifs is 1. The van der Waals surface area contributed by atoms with E-state index in [1.54, 1.807) is 67.8 Å². The molecule has 180 valence electrons. The maximum absolute atomic E-state index is 12.8. The maximum Gasteiger partial charge on any atom is 0.343 e. The molecule has 0 aliphatic rings. The van der Waals surface area contributed by atoms with E-state index in [1.807, 2.05) is 30.3 Å². The van der Waals surface area contributed by atoms with Gasteiger partial charge in [-0.25, -0.2) is 10.2 Å². The number of ether oxygens (including phenoxy) is 3. The summed E-state index contributed by atoms with van der Waals surface area (Å²) in [6, 6.07) is 24.5. The third-order valence-corrected chi connectivity index (χ3v) is 5.30. The van der Waals surface area contributed by atoms with Gasteiger partial charge < -0.3 is 14.2 Å². The van der Waals surface area contributed by atoms with Gasteiger partial charge in [0.05, 0.1) is 18.9 Å². The van der Waals surface area contributed by atoms with Crippen LogP contribution in [0.4, 0.5) is 0 Å². The Bertz CT molecular complexity index is 1410. The van der Waals surface area contributed by atoms with Crippen molar-refractivity contribution in [1.82, 2.24) is 5.43 Å². The number of hydrogen-bond donors (Lipinski definition) is 1. The third kappa shape index (κ3) is 5.77. The fraction of sp³-hybridized carbons (Fsp3) is 0.0690. The van der Waals surface area contributed by atoms with Crippen molar-refractivity contribution in [2.45, 2.75) is 0 Å². The van der Waals surface area contributed by atoms with Crippen molar-refractivity contribution in [3.8, 4) is 17.2 Å². The summed E-state index contributed by atoms with van der Waals surface area (Å²) < 4.78 is 16.3. The van der Waals surface area contributed by atoms with E-state index in [2.05, 4.69) is 17.1 Å². The molecule has 0 atom stereocenters. The van der Waals surface area contributed by atoms with E-state index < -0.39 is 11.9 Å². The molecule has 0 heterocycles. The molecule has 36 heavy (non-hydrogen) atoms. The Morgan fingerprint density at radius 3 is 2.31 bits per heavy atom. The minimum absolute atomic E-state index is 0.316. The Kier molecular flexibility index (Phi) is 7.73. The molecule has 0 bridgehead atoms. The van der Waals surface area contributed by atoms with Crippen LogP contribution in [0, 0.1) is 0 Å². The van der Waals surface area contributed by atoms with E-state index >= 15 is 0 Å². The molecule has 1 N–H and O–H groups in total. The molecule has 0 saturated heterocycles. The second-order valence-corrected chi connectivity index (χ2v) is 7.64. The fourth-order valence-electron chi connectivity index (χ4n) is 3.46. The first-order valence-electron chi connectivity index (χ1n) is 11.1. The van der Waals surface area contributed by atoms with Crippen LogP contribution in [0.3, 0.4) is 0 Å². The predicted molar refractivity (Wildman–Crippen MR) is 139 cm³/mol. The Hall–Kier alpha value is -4.91. The van der Waals surface area contributed by atoms with Crippen molar-refractivity contribution >= 4 is 28.9 Å². The Morgan fingerprint density at radius 2 is 1.58 bits per heavy atom. The molecule has 4 aromatic carbocycles. The zero-order chi connectivity index (χ0) is 25.3. The lowest BCUT2D eigenvalue weighted by molar-refractivity contribution is 0.0734. The van der Waals surface area contributed by atoms with Gasteiger partial charge in [0.1, 0.15) is 23.9 Å². The number of esters is 1. The molecule has 0 saturated carbocycles. The number of carbonyl (C=O) groups excluding carboxylic acids is 2. The second-order valence-electron chi connectivity index (χ2n) is 7.64. The van der Waals surface area contributed by atoms with Crippen LogP contribution in [0.5, 0.6) is 17.2 Å². The lowest BCUT2D eigenvalue weighted by Crippen LogP contribution is -2.17. The summed E-state index contributed by atoms with van der Waals surface area (Å²) in [5.74, 6) is 0.675. The minimum Gasteiger partial charge on any atom is -0.497 e. The quantitative estimate of drug-likeness (QED) is 0.114. The number of nitrogens with zero attached hydrogens (tertiary/aromatic N) is 1. The average Bonchev–Trinajstić information content (AvgIpc) is 2.93. The highest BCUT2D eigenvalue weighted by atomic mass is 16.5. The van der Waals surface area contributed by atoms with E-state index in [9.17, 15) is 9.59 Å². The van der Waals surface area contributed by atoms with Crippen LogP contribution < -0.4 is 19.6 Å². The summed E-state index contributed by atoms with van der Waals surface area (Å²) in [7, 11) is 1.56. The average molecular weight is 481 g/mol. The van der Waals surface area contributed by atoms with Crippen LogP contribution in [0.2, 0.25) is 0 Å². The number of carbonyl (C=O) groups is 2. The van der Waals surface area contributed by atoms with Gasteiger partial charge in [-0.1, -0.05) is 43.0 Å². The Morgan fingerprint density at radius 1 is 0.889 bits per heavy atom. The minimum atomic E-state index is -0.523. The van der Waals surface area contributed by atoms with E-state index in [0.29, 0.717) is 40.5 Å². The molecule has 1 amide bonds. The maximum atomic E-state index is 12.8. The lowest BCUT2D eigenvalue weighted by Gasteiger charge is -2.11. The van der Waals surface area contributed by atoms with Crippen LogP contribution >= 0.6 is 0 Å². The van der Waals surface area contributed by atoms with Crippen LogP contribution in [0.1, 0.15) is 26.3 Å². The molecule has 7 nitrogen and oxygen atoms in total. The molecule has 4 aromatic rings. The van der Waals surface area contributed by atoms with Crippen LogP contribution in [-0.4, -0.2) is 31.8 Å². The van der Waals surface area contributed by atoms with Gasteiger partial charge in [-0.3, -0.25) is 4.79 Å². The summed E-state index contributed by atoms with van der Waals surface area (Å²) >= 11 is 0. The van der Waals surface area contributed by atoms with E-state index in [1.165, 1.54) is 6.21 Å². The molecule has 4 rings (SSSR count). The number of hydrazone groups is 1. The number of rotatable bonds is 9. The topological polar surface area (TPSA) is 86.2 Å². The third-order valence-electron chi connectivity index (χ3n) is 5.30. The number of hydrogen-bond acceptors (Lipinski definition) is 6. The normalized spacial score (nSPS) is 10.7. The molecule has 0 radical (unpaired) electrons. The standard InChI is InChI=1S/C29H24N2O5/c1-3-18-35-24-15-8-21(9-16-24)28(32)31-30-19-26-25-7-5-4-6-20(25)12-17-27(26)36-29(33)22-10-13-23(34-2)14-11-22/h3-17,19H,1,18H2,2H3,(H,31,32)/b30-19-. The summed E-state index contributed by atoms with van der Waals surface area (Å²) in [5, 5.41) is 5.88. The molecule has 0 unspecified atom stereocenters. The van der Waals surface area contributed by atoms with Gasteiger partial charge in [-0.05, 0) is 65.4 Å². The van der Waals surface area contributed by atoms with Gasteiger partial charge >= 0.3 is 5.97 Å². The van der Waals surface area contributed by atoms with Crippen molar-refractivity contribution in [1.29, 1.82) is 0 Å². The first-order chi connectivity index (χ1) is 17.6. The van der Waals surface area contributed by atoms with E-state index in [4.69, 9.17) is 14.2 Å². The highest BCUT2D eigenvalue weighted by Crippen LogP contribution is 2.27. The van der Waals surface area contributed by atoms with E-state index in [-0.39, 0.29) is 0 Å². The molecule has 0 aliphatic heterocycles. The summed E-state index contributed by atoms with van der Waals surface area (Å²) in [6.07, 6.45) is 3.11.